The lowest BCUT2D eigenvalue weighted by Crippen LogP contribution is -2.54. The zero-order chi connectivity index (χ0) is 11.5. The predicted molar refractivity (Wildman–Crippen MR) is 67.1 cm³/mol. The van der Waals surface area contributed by atoms with E-state index in [4.69, 9.17) is 0 Å². The Morgan fingerprint density at radius 3 is 2.12 bits per heavy atom. The SMILES string of the molecule is Cc1ccc([C@@H]([NH3+])c2ccccc2)cc1C. The molecule has 2 rings (SSSR count). The number of hydrogen-bond acceptors (Lipinski definition) is 0. The first-order chi connectivity index (χ1) is 7.68. The Morgan fingerprint density at radius 1 is 0.812 bits per heavy atom. The van der Waals surface area contributed by atoms with Crippen LogP contribution in [0.15, 0.2) is 48.5 Å². The van der Waals surface area contributed by atoms with Crippen LogP contribution in [0.1, 0.15) is 28.3 Å². The third kappa shape index (κ3) is 2.15. The molecule has 82 valence electrons. The van der Waals surface area contributed by atoms with Crippen molar-refractivity contribution in [3.8, 4) is 0 Å². The minimum Gasteiger partial charge on any atom is -0.348 e. The first-order valence-electron chi connectivity index (χ1n) is 5.63. The van der Waals surface area contributed by atoms with Gasteiger partial charge in [0.2, 0.25) is 0 Å². The average Bonchev–Trinajstić information content (AvgIpc) is 2.33. The van der Waals surface area contributed by atoms with E-state index in [0.29, 0.717) is 0 Å². The molecule has 1 nitrogen and oxygen atoms in total. The number of quaternary nitrogens is 1. The summed E-state index contributed by atoms with van der Waals surface area (Å²) in [7, 11) is 0. The Bertz CT molecular complexity index is 474. The third-order valence-electron chi connectivity index (χ3n) is 3.14. The number of aryl methyl sites for hydroxylation is 2. The van der Waals surface area contributed by atoms with Crippen LogP contribution in [0.3, 0.4) is 0 Å². The summed E-state index contributed by atoms with van der Waals surface area (Å²) >= 11 is 0. The third-order valence-corrected chi connectivity index (χ3v) is 3.14. The van der Waals surface area contributed by atoms with Crippen LogP contribution in [-0.4, -0.2) is 0 Å². The molecular weight excluding hydrogens is 194 g/mol. The summed E-state index contributed by atoms with van der Waals surface area (Å²) in [5, 5.41) is 0. The van der Waals surface area contributed by atoms with Crippen molar-refractivity contribution in [2.24, 2.45) is 0 Å². The first-order valence-corrected chi connectivity index (χ1v) is 5.63. The van der Waals surface area contributed by atoms with Crippen LogP contribution < -0.4 is 5.73 Å². The Morgan fingerprint density at radius 2 is 1.50 bits per heavy atom. The van der Waals surface area contributed by atoms with Crippen LogP contribution in [0.5, 0.6) is 0 Å². The van der Waals surface area contributed by atoms with Gasteiger partial charge in [-0.3, -0.25) is 0 Å². The minimum absolute atomic E-state index is 0.223. The van der Waals surface area contributed by atoms with Crippen LogP contribution in [0.25, 0.3) is 0 Å². The normalized spacial score (nSPS) is 12.4. The van der Waals surface area contributed by atoms with E-state index in [2.05, 4.69) is 62.0 Å². The highest BCUT2D eigenvalue weighted by Crippen LogP contribution is 2.19. The van der Waals surface area contributed by atoms with Gasteiger partial charge in [0.25, 0.3) is 0 Å². The molecule has 1 atom stereocenters. The molecule has 0 amide bonds. The largest absolute Gasteiger partial charge is 0.348 e. The van der Waals surface area contributed by atoms with E-state index in [0.717, 1.165) is 0 Å². The molecule has 0 spiro atoms. The first kappa shape index (κ1) is 10.9. The second-order valence-corrected chi connectivity index (χ2v) is 4.31. The molecule has 0 unspecified atom stereocenters. The summed E-state index contributed by atoms with van der Waals surface area (Å²) in [6.07, 6.45) is 0. The topological polar surface area (TPSA) is 27.6 Å². The zero-order valence-corrected chi connectivity index (χ0v) is 9.90. The Labute approximate surface area is 96.9 Å². The van der Waals surface area contributed by atoms with Crippen LogP contribution in [0, 0.1) is 13.8 Å². The van der Waals surface area contributed by atoms with Gasteiger partial charge in [-0.15, -0.1) is 0 Å². The van der Waals surface area contributed by atoms with Crippen molar-refractivity contribution in [2.75, 3.05) is 0 Å². The van der Waals surface area contributed by atoms with E-state index in [1.165, 1.54) is 22.3 Å². The monoisotopic (exact) mass is 212 g/mol. The van der Waals surface area contributed by atoms with Crippen LogP contribution >= 0.6 is 0 Å². The molecule has 0 heterocycles. The van der Waals surface area contributed by atoms with Crippen molar-refractivity contribution >= 4 is 0 Å². The molecule has 3 N–H and O–H groups in total. The molecule has 0 radical (unpaired) electrons. The Kier molecular flexibility index (Phi) is 3.07. The predicted octanol–water partition coefficient (Wildman–Crippen LogP) is 2.63. The van der Waals surface area contributed by atoms with Crippen molar-refractivity contribution in [3.05, 3.63) is 70.8 Å². The van der Waals surface area contributed by atoms with E-state index in [1.807, 2.05) is 6.07 Å². The van der Waals surface area contributed by atoms with E-state index in [9.17, 15) is 0 Å². The second kappa shape index (κ2) is 4.50. The van der Waals surface area contributed by atoms with Gasteiger partial charge >= 0.3 is 0 Å². The lowest BCUT2D eigenvalue weighted by atomic mass is 9.96. The van der Waals surface area contributed by atoms with Gasteiger partial charge < -0.3 is 5.73 Å². The summed E-state index contributed by atoms with van der Waals surface area (Å²) in [5.74, 6) is 0. The molecule has 0 bridgehead atoms. The van der Waals surface area contributed by atoms with Crippen molar-refractivity contribution in [1.82, 2.24) is 0 Å². The van der Waals surface area contributed by atoms with E-state index < -0.39 is 0 Å². The maximum atomic E-state index is 4.25. The van der Waals surface area contributed by atoms with Gasteiger partial charge in [-0.25, -0.2) is 0 Å². The molecule has 0 aromatic heterocycles. The van der Waals surface area contributed by atoms with Crippen molar-refractivity contribution in [2.45, 2.75) is 19.9 Å². The zero-order valence-electron chi connectivity index (χ0n) is 9.90. The molecule has 0 aliphatic carbocycles. The molecule has 0 aliphatic heterocycles. The maximum Gasteiger partial charge on any atom is 0.136 e. The fraction of sp³-hybridized carbons (Fsp3) is 0.200. The lowest BCUT2D eigenvalue weighted by molar-refractivity contribution is -0.411. The summed E-state index contributed by atoms with van der Waals surface area (Å²) in [6, 6.07) is 17.2. The van der Waals surface area contributed by atoms with Crippen LogP contribution in [-0.2, 0) is 0 Å². The molecule has 1 heteroatoms. The van der Waals surface area contributed by atoms with Crippen LogP contribution in [0.2, 0.25) is 0 Å². The van der Waals surface area contributed by atoms with Gasteiger partial charge in [0.1, 0.15) is 6.04 Å². The highest BCUT2D eigenvalue weighted by Gasteiger charge is 2.12. The number of benzene rings is 2. The van der Waals surface area contributed by atoms with Crippen molar-refractivity contribution in [1.29, 1.82) is 0 Å². The highest BCUT2D eigenvalue weighted by atomic mass is 14.6. The number of hydrogen-bond donors (Lipinski definition) is 1. The summed E-state index contributed by atoms with van der Waals surface area (Å²) in [5.41, 5.74) is 9.48. The number of rotatable bonds is 2. The van der Waals surface area contributed by atoms with Crippen molar-refractivity contribution in [3.63, 3.8) is 0 Å². The van der Waals surface area contributed by atoms with Gasteiger partial charge in [0.15, 0.2) is 0 Å². The van der Waals surface area contributed by atoms with E-state index in [-0.39, 0.29) is 6.04 Å². The summed E-state index contributed by atoms with van der Waals surface area (Å²) < 4.78 is 0. The molecule has 0 saturated heterocycles. The maximum absolute atomic E-state index is 4.25. The molecular formula is C15H18N+. The minimum atomic E-state index is 0.223. The quantitative estimate of drug-likeness (QED) is 0.792. The Balaban J connectivity index is 2.34. The van der Waals surface area contributed by atoms with Gasteiger partial charge in [0.05, 0.1) is 0 Å². The van der Waals surface area contributed by atoms with E-state index >= 15 is 0 Å². The smallest absolute Gasteiger partial charge is 0.136 e. The van der Waals surface area contributed by atoms with Gasteiger partial charge in [0, 0.05) is 11.1 Å². The fourth-order valence-electron chi connectivity index (χ4n) is 1.86. The lowest BCUT2D eigenvalue weighted by Gasteiger charge is -2.11. The summed E-state index contributed by atoms with van der Waals surface area (Å²) in [6.45, 7) is 4.29. The standard InChI is InChI=1S/C15H17N/c1-11-8-9-14(10-12(11)2)15(16)13-6-4-3-5-7-13/h3-10,15H,16H2,1-2H3/p+1/t15-/m0/s1. The molecule has 0 fully saturated rings. The van der Waals surface area contributed by atoms with Crippen LogP contribution in [0.4, 0.5) is 0 Å². The second-order valence-electron chi connectivity index (χ2n) is 4.31. The van der Waals surface area contributed by atoms with Gasteiger partial charge in [-0.05, 0) is 31.0 Å². The average molecular weight is 212 g/mol. The van der Waals surface area contributed by atoms with Gasteiger partial charge in [-0.1, -0.05) is 42.5 Å². The molecule has 0 aliphatic rings. The van der Waals surface area contributed by atoms with Crippen molar-refractivity contribution < 1.29 is 5.73 Å². The van der Waals surface area contributed by atoms with Gasteiger partial charge in [-0.2, -0.15) is 0 Å². The molecule has 2 aromatic carbocycles. The molecule has 16 heavy (non-hydrogen) atoms. The van der Waals surface area contributed by atoms with E-state index in [1.54, 1.807) is 0 Å². The molecule has 0 saturated carbocycles. The Hall–Kier alpha value is -1.60. The summed E-state index contributed by atoms with van der Waals surface area (Å²) in [4.78, 5) is 0. The highest BCUT2D eigenvalue weighted by molar-refractivity contribution is 5.35. The fourth-order valence-corrected chi connectivity index (χ4v) is 1.86. The molecule has 2 aromatic rings.